The van der Waals surface area contributed by atoms with Crippen LogP contribution in [0.25, 0.3) is 0 Å². The van der Waals surface area contributed by atoms with Crippen LogP contribution in [-0.4, -0.2) is 25.3 Å². The maximum atomic E-state index is 12.5. The van der Waals surface area contributed by atoms with Crippen LogP contribution in [0, 0.1) is 6.92 Å². The van der Waals surface area contributed by atoms with Gasteiger partial charge in [-0.3, -0.25) is 0 Å². The number of thiophene rings is 1. The molecule has 1 aromatic heterocycles. The van der Waals surface area contributed by atoms with Crippen LogP contribution in [0.3, 0.4) is 0 Å². The van der Waals surface area contributed by atoms with Crippen molar-refractivity contribution in [3.8, 4) is 0 Å². The molecule has 1 aliphatic rings. The van der Waals surface area contributed by atoms with Gasteiger partial charge < -0.3 is 5.73 Å². The summed E-state index contributed by atoms with van der Waals surface area (Å²) in [6, 6.07) is 1.83. The van der Waals surface area contributed by atoms with Gasteiger partial charge in [-0.1, -0.05) is 0 Å². The lowest BCUT2D eigenvalue weighted by Gasteiger charge is -2.20. The topological polar surface area (TPSA) is 63.4 Å². The number of nitrogens with zero attached hydrogens (tertiary/aromatic N) is 1. The van der Waals surface area contributed by atoms with E-state index in [1.54, 1.807) is 10.4 Å². The van der Waals surface area contributed by atoms with Crippen molar-refractivity contribution in [1.29, 1.82) is 0 Å². The van der Waals surface area contributed by atoms with Gasteiger partial charge in [0.05, 0.1) is 4.90 Å². The first kappa shape index (κ1) is 13.0. The molecule has 1 unspecified atom stereocenters. The number of rotatable bonds is 3. The molecule has 0 amide bonds. The zero-order valence-electron chi connectivity index (χ0n) is 10.1. The molecule has 0 spiro atoms. The molecule has 2 rings (SSSR count). The Kier molecular flexibility index (Phi) is 3.58. The minimum absolute atomic E-state index is 0.112. The highest BCUT2D eigenvalue weighted by Crippen LogP contribution is 2.31. The van der Waals surface area contributed by atoms with Crippen LogP contribution in [0.1, 0.15) is 29.5 Å². The van der Waals surface area contributed by atoms with Gasteiger partial charge in [0.1, 0.15) is 0 Å². The van der Waals surface area contributed by atoms with E-state index in [0.717, 1.165) is 22.6 Å². The summed E-state index contributed by atoms with van der Waals surface area (Å²) >= 11 is 1.47. The van der Waals surface area contributed by atoms with Crippen molar-refractivity contribution in [2.45, 2.75) is 44.2 Å². The first-order chi connectivity index (χ1) is 7.96. The highest BCUT2D eigenvalue weighted by atomic mass is 32.2. The summed E-state index contributed by atoms with van der Waals surface area (Å²) in [5.74, 6) is 0. The molecule has 1 atom stereocenters. The number of sulfonamides is 1. The fourth-order valence-corrected chi connectivity index (χ4v) is 5.46. The van der Waals surface area contributed by atoms with E-state index >= 15 is 0 Å². The summed E-state index contributed by atoms with van der Waals surface area (Å²) in [5, 5.41) is 0. The summed E-state index contributed by atoms with van der Waals surface area (Å²) in [7, 11) is -3.32. The standard InChI is InChI=1S/C11H18N2O2S2/c1-8-4-3-5-13(8)17(14,15)11-6-10(7-12)16-9(11)2/h6,8H,3-5,7,12H2,1-2H3. The molecule has 1 saturated heterocycles. The smallest absolute Gasteiger partial charge is 0.244 e. The van der Waals surface area contributed by atoms with Crippen LogP contribution >= 0.6 is 11.3 Å². The van der Waals surface area contributed by atoms with Crippen molar-refractivity contribution in [2.75, 3.05) is 6.54 Å². The molecule has 0 aromatic carbocycles. The van der Waals surface area contributed by atoms with Gasteiger partial charge in [0.25, 0.3) is 0 Å². The van der Waals surface area contributed by atoms with Crippen molar-refractivity contribution >= 4 is 21.4 Å². The van der Waals surface area contributed by atoms with Gasteiger partial charge in [-0.25, -0.2) is 8.42 Å². The maximum absolute atomic E-state index is 12.5. The Hall–Kier alpha value is -0.430. The van der Waals surface area contributed by atoms with Gasteiger partial charge in [-0.15, -0.1) is 11.3 Å². The predicted molar refractivity (Wildman–Crippen MR) is 69.5 cm³/mol. The fraction of sp³-hybridized carbons (Fsp3) is 0.636. The van der Waals surface area contributed by atoms with Crippen molar-refractivity contribution in [3.63, 3.8) is 0 Å². The molecule has 0 saturated carbocycles. The minimum atomic E-state index is -3.32. The van der Waals surface area contributed by atoms with Crippen LogP contribution in [0.4, 0.5) is 0 Å². The van der Waals surface area contributed by atoms with Crippen LogP contribution in [0.2, 0.25) is 0 Å². The lowest BCUT2D eigenvalue weighted by Crippen LogP contribution is -2.33. The lowest BCUT2D eigenvalue weighted by molar-refractivity contribution is 0.408. The predicted octanol–water partition coefficient (Wildman–Crippen LogP) is 1.69. The van der Waals surface area contributed by atoms with Crippen LogP contribution in [-0.2, 0) is 16.6 Å². The van der Waals surface area contributed by atoms with Gasteiger partial charge in [-0.2, -0.15) is 4.31 Å². The van der Waals surface area contributed by atoms with Crippen LogP contribution < -0.4 is 5.73 Å². The molecule has 1 aromatic rings. The summed E-state index contributed by atoms with van der Waals surface area (Å²) in [5.41, 5.74) is 5.56. The Balaban J connectivity index is 2.40. The molecule has 2 N–H and O–H groups in total. The third-order valence-electron chi connectivity index (χ3n) is 3.20. The van der Waals surface area contributed by atoms with E-state index in [-0.39, 0.29) is 6.04 Å². The van der Waals surface area contributed by atoms with Crippen molar-refractivity contribution in [2.24, 2.45) is 5.73 Å². The molecule has 0 radical (unpaired) electrons. The average molecular weight is 274 g/mol. The lowest BCUT2D eigenvalue weighted by atomic mass is 10.3. The SMILES string of the molecule is Cc1sc(CN)cc1S(=O)(=O)N1CCCC1C. The second-order valence-electron chi connectivity index (χ2n) is 4.44. The maximum Gasteiger partial charge on any atom is 0.244 e. The molecule has 1 fully saturated rings. The molecular weight excluding hydrogens is 256 g/mol. The zero-order valence-corrected chi connectivity index (χ0v) is 11.8. The molecule has 2 heterocycles. The summed E-state index contributed by atoms with van der Waals surface area (Å²) in [6.07, 6.45) is 1.90. The van der Waals surface area contributed by atoms with Gasteiger partial charge in [0, 0.05) is 28.9 Å². The Morgan fingerprint density at radius 2 is 2.29 bits per heavy atom. The second-order valence-corrected chi connectivity index (χ2v) is 7.64. The second kappa shape index (κ2) is 4.68. The zero-order chi connectivity index (χ0) is 12.6. The Morgan fingerprint density at radius 1 is 1.59 bits per heavy atom. The fourth-order valence-electron chi connectivity index (χ4n) is 2.27. The highest BCUT2D eigenvalue weighted by molar-refractivity contribution is 7.89. The summed E-state index contributed by atoms with van der Waals surface area (Å²) in [4.78, 5) is 2.20. The molecule has 1 aliphatic heterocycles. The molecule has 17 heavy (non-hydrogen) atoms. The molecule has 6 heteroatoms. The molecule has 4 nitrogen and oxygen atoms in total. The normalized spacial score (nSPS) is 22.2. The van der Waals surface area contributed by atoms with Gasteiger partial charge in [-0.05, 0) is 32.8 Å². The average Bonchev–Trinajstić information content (AvgIpc) is 2.84. The van der Waals surface area contributed by atoms with E-state index in [2.05, 4.69) is 0 Å². The summed E-state index contributed by atoms with van der Waals surface area (Å²) in [6.45, 7) is 4.85. The third kappa shape index (κ3) is 2.27. The minimum Gasteiger partial charge on any atom is -0.326 e. The monoisotopic (exact) mass is 274 g/mol. The molecule has 96 valence electrons. The van der Waals surface area contributed by atoms with E-state index in [0.29, 0.717) is 18.0 Å². The van der Waals surface area contributed by atoms with E-state index < -0.39 is 10.0 Å². The first-order valence-electron chi connectivity index (χ1n) is 5.78. The van der Waals surface area contributed by atoms with Gasteiger partial charge in [0.15, 0.2) is 0 Å². The van der Waals surface area contributed by atoms with E-state index in [1.807, 2.05) is 13.8 Å². The number of hydrogen-bond donors (Lipinski definition) is 1. The van der Waals surface area contributed by atoms with Gasteiger partial charge >= 0.3 is 0 Å². The number of aryl methyl sites for hydroxylation is 1. The van der Waals surface area contributed by atoms with E-state index in [1.165, 1.54) is 11.3 Å². The third-order valence-corrected chi connectivity index (χ3v) is 6.54. The Morgan fingerprint density at radius 3 is 2.76 bits per heavy atom. The Bertz CT molecular complexity index is 508. The molecular formula is C11H18N2O2S2. The van der Waals surface area contributed by atoms with E-state index in [9.17, 15) is 8.42 Å². The van der Waals surface area contributed by atoms with Crippen molar-refractivity contribution in [1.82, 2.24) is 4.31 Å². The van der Waals surface area contributed by atoms with Crippen molar-refractivity contribution < 1.29 is 8.42 Å². The highest BCUT2D eigenvalue weighted by Gasteiger charge is 2.34. The van der Waals surface area contributed by atoms with E-state index in [4.69, 9.17) is 5.73 Å². The van der Waals surface area contributed by atoms with Crippen molar-refractivity contribution in [3.05, 3.63) is 15.8 Å². The number of nitrogens with two attached hydrogens (primary N) is 1. The Labute approximate surface area is 106 Å². The molecule has 0 bridgehead atoms. The van der Waals surface area contributed by atoms with Crippen LogP contribution in [0.5, 0.6) is 0 Å². The largest absolute Gasteiger partial charge is 0.326 e. The summed E-state index contributed by atoms with van der Waals surface area (Å²) < 4.78 is 26.6. The van der Waals surface area contributed by atoms with Crippen LogP contribution in [0.15, 0.2) is 11.0 Å². The number of hydrogen-bond acceptors (Lipinski definition) is 4. The first-order valence-corrected chi connectivity index (χ1v) is 8.03. The molecule has 0 aliphatic carbocycles. The quantitative estimate of drug-likeness (QED) is 0.912. The van der Waals surface area contributed by atoms with Gasteiger partial charge in [0.2, 0.25) is 10.0 Å².